The van der Waals surface area contributed by atoms with Gasteiger partial charge in [0.25, 0.3) is 10.1 Å². The molecular weight excluding hydrogens is 152 g/mol. The first-order chi connectivity index (χ1) is 5.00. The van der Waals surface area contributed by atoms with Crippen LogP contribution >= 0.6 is 0 Å². The monoisotopic (exact) mass is 159 g/mol. The summed E-state index contributed by atoms with van der Waals surface area (Å²) in [6, 6.07) is 5.15. The highest BCUT2D eigenvalue weighted by molar-refractivity contribution is 7.85. The minimum Gasteiger partial charge on any atom is -0.282 e. The van der Waals surface area contributed by atoms with Crippen molar-refractivity contribution in [2.24, 2.45) is 0 Å². The summed E-state index contributed by atoms with van der Waals surface area (Å²) < 4.78 is 36.4. The molecule has 0 amide bonds. The van der Waals surface area contributed by atoms with Crippen LogP contribution in [0.1, 0.15) is 1.37 Å². The number of rotatable bonds is 1. The zero-order valence-electron chi connectivity index (χ0n) is 5.98. The highest BCUT2D eigenvalue weighted by atomic mass is 32.2. The largest absolute Gasteiger partial charge is 0.294 e. The van der Waals surface area contributed by atoms with Crippen molar-refractivity contribution in [3.05, 3.63) is 30.3 Å². The molecule has 3 nitrogen and oxygen atoms in total. The van der Waals surface area contributed by atoms with Gasteiger partial charge in [-0.1, -0.05) is 18.2 Å². The Kier molecular flexibility index (Phi) is 1.41. The van der Waals surface area contributed by atoms with Crippen molar-refractivity contribution in [2.75, 3.05) is 0 Å². The van der Waals surface area contributed by atoms with Crippen molar-refractivity contribution in [1.82, 2.24) is 0 Å². The molecule has 0 atom stereocenters. The topological polar surface area (TPSA) is 54.4 Å². The standard InChI is InChI=1S/C6H6O3S/c7-10(8,9)6-4-2-1-3-5-6/h1-5H,(H,7,8,9)/i1D. The molecule has 1 aromatic carbocycles. The van der Waals surface area contributed by atoms with Crippen LogP contribution in [-0.2, 0) is 10.1 Å². The van der Waals surface area contributed by atoms with Gasteiger partial charge >= 0.3 is 0 Å². The van der Waals surface area contributed by atoms with Crippen molar-refractivity contribution in [1.29, 1.82) is 0 Å². The van der Waals surface area contributed by atoms with Crippen LogP contribution in [0, 0.1) is 0 Å². The molecule has 54 valence electrons. The molecule has 0 spiro atoms. The smallest absolute Gasteiger partial charge is 0.282 e. The first kappa shape index (κ1) is 5.88. The molecule has 0 radical (unpaired) electrons. The zero-order valence-corrected chi connectivity index (χ0v) is 5.80. The Morgan fingerprint density at radius 3 is 2.30 bits per heavy atom. The number of benzene rings is 1. The summed E-state index contributed by atoms with van der Waals surface area (Å²) in [7, 11) is -4.10. The van der Waals surface area contributed by atoms with E-state index in [9.17, 15) is 8.42 Å². The molecular formula is C6H6O3S. The van der Waals surface area contributed by atoms with E-state index in [4.69, 9.17) is 5.92 Å². The van der Waals surface area contributed by atoms with Crippen molar-refractivity contribution >= 4 is 10.1 Å². The molecule has 1 aromatic rings. The van der Waals surface area contributed by atoms with Crippen LogP contribution in [0.3, 0.4) is 0 Å². The zero-order chi connectivity index (χ0) is 8.48. The Hall–Kier alpha value is -0.870. The van der Waals surface area contributed by atoms with Crippen molar-refractivity contribution < 1.29 is 14.3 Å². The van der Waals surface area contributed by atoms with Crippen LogP contribution in [0.5, 0.6) is 0 Å². The van der Waals surface area contributed by atoms with Crippen molar-refractivity contribution in [2.45, 2.75) is 4.90 Å². The molecule has 0 saturated heterocycles. The van der Waals surface area contributed by atoms with Gasteiger partial charge in [0.15, 0.2) is 0 Å². The lowest BCUT2D eigenvalue weighted by atomic mass is 10.4. The summed E-state index contributed by atoms with van der Waals surface area (Å²) in [4.78, 5) is -0.187. The van der Waals surface area contributed by atoms with E-state index in [1.165, 1.54) is 24.3 Å². The van der Waals surface area contributed by atoms with Gasteiger partial charge in [-0.25, -0.2) is 0 Å². The molecule has 0 fully saturated rings. The third-order valence-corrected chi connectivity index (χ3v) is 1.85. The fourth-order valence-electron chi connectivity index (χ4n) is 0.544. The lowest BCUT2D eigenvalue weighted by Crippen LogP contribution is -1.96. The minimum absolute atomic E-state index is 0.187. The quantitative estimate of drug-likeness (QED) is 0.620. The molecule has 1 rings (SSSR count). The van der Waals surface area contributed by atoms with E-state index in [2.05, 4.69) is 0 Å². The molecule has 0 aliphatic rings. The Labute approximate surface area is 60.5 Å². The van der Waals surface area contributed by atoms with Gasteiger partial charge < -0.3 is 0 Å². The highest BCUT2D eigenvalue weighted by Crippen LogP contribution is 2.05. The molecule has 10 heavy (non-hydrogen) atoms. The lowest BCUT2D eigenvalue weighted by Gasteiger charge is -1.92. The van der Waals surface area contributed by atoms with Gasteiger partial charge in [-0.15, -0.1) is 0 Å². The van der Waals surface area contributed by atoms with E-state index in [0.29, 0.717) is 0 Å². The van der Waals surface area contributed by atoms with Crippen molar-refractivity contribution in [3.63, 3.8) is 0 Å². The van der Waals surface area contributed by atoms with Crippen LogP contribution in [0.2, 0.25) is 0 Å². The van der Waals surface area contributed by atoms with E-state index in [1.54, 1.807) is 0 Å². The van der Waals surface area contributed by atoms with Gasteiger partial charge in [-0.05, 0) is 12.1 Å². The van der Waals surface area contributed by atoms with Crippen LogP contribution in [0.4, 0.5) is 0 Å². The van der Waals surface area contributed by atoms with E-state index in [-0.39, 0.29) is 10.9 Å². The molecule has 0 aliphatic carbocycles. The average molecular weight is 159 g/mol. The summed E-state index contributed by atoms with van der Waals surface area (Å²) in [5.74, 6) is 0. The SMILES string of the molecule is [2H]c1ccc(S(=O)(=O)O)cc1. The molecule has 0 saturated carbocycles. The Morgan fingerprint density at radius 2 is 1.90 bits per heavy atom. The summed E-state index contributed by atoms with van der Waals surface area (Å²) in [5, 5.41) is 0. The second-order valence-corrected chi connectivity index (χ2v) is 3.13. The average Bonchev–Trinajstić information content (AvgIpc) is 1.86. The second kappa shape index (κ2) is 2.40. The third kappa shape index (κ3) is 1.55. The Bertz CT molecular complexity index is 341. The summed E-state index contributed by atoms with van der Waals surface area (Å²) in [6.07, 6.45) is 0. The van der Waals surface area contributed by atoms with Crippen LogP contribution in [0.25, 0.3) is 0 Å². The van der Waals surface area contributed by atoms with Gasteiger partial charge in [-0.3, -0.25) is 4.55 Å². The van der Waals surface area contributed by atoms with Gasteiger partial charge in [0.1, 0.15) is 0 Å². The predicted molar refractivity (Wildman–Crippen MR) is 36.3 cm³/mol. The first-order valence-corrected chi connectivity index (χ1v) is 3.98. The van der Waals surface area contributed by atoms with E-state index >= 15 is 0 Å². The maximum absolute atomic E-state index is 10.4. The number of hydrogen-bond donors (Lipinski definition) is 1. The summed E-state index contributed by atoms with van der Waals surface area (Å²) >= 11 is 0. The molecule has 1 N–H and O–H groups in total. The summed E-state index contributed by atoms with van der Waals surface area (Å²) in [5.41, 5.74) is 0. The number of hydrogen-bond acceptors (Lipinski definition) is 2. The molecule has 0 heterocycles. The van der Waals surface area contributed by atoms with E-state index < -0.39 is 10.1 Å². The Balaban J connectivity index is 3.20. The fourth-order valence-corrected chi connectivity index (χ4v) is 1.02. The lowest BCUT2D eigenvalue weighted by molar-refractivity contribution is 0.483. The first-order valence-electron chi connectivity index (χ1n) is 3.04. The van der Waals surface area contributed by atoms with Gasteiger partial charge in [0.05, 0.1) is 6.27 Å². The molecule has 0 unspecified atom stereocenters. The van der Waals surface area contributed by atoms with Crippen LogP contribution in [-0.4, -0.2) is 13.0 Å². The fraction of sp³-hybridized carbons (Fsp3) is 0. The second-order valence-electron chi connectivity index (χ2n) is 1.71. The van der Waals surface area contributed by atoms with Gasteiger partial charge in [0, 0.05) is 0 Å². The third-order valence-electron chi connectivity index (χ3n) is 0.986. The van der Waals surface area contributed by atoms with Crippen LogP contribution < -0.4 is 0 Å². The maximum atomic E-state index is 10.4. The maximum Gasteiger partial charge on any atom is 0.294 e. The molecule has 0 bridgehead atoms. The predicted octanol–water partition coefficient (Wildman–Crippen LogP) is 0.933. The highest BCUT2D eigenvalue weighted by Gasteiger charge is 2.05. The van der Waals surface area contributed by atoms with Crippen LogP contribution in [0.15, 0.2) is 35.2 Å². The van der Waals surface area contributed by atoms with Gasteiger partial charge in [0.2, 0.25) is 0 Å². The molecule has 4 heteroatoms. The van der Waals surface area contributed by atoms with E-state index in [0.717, 1.165) is 0 Å². The van der Waals surface area contributed by atoms with E-state index in [1.807, 2.05) is 0 Å². The van der Waals surface area contributed by atoms with Gasteiger partial charge in [-0.2, -0.15) is 8.42 Å². The Morgan fingerprint density at radius 1 is 1.40 bits per heavy atom. The normalized spacial score (nSPS) is 12.7. The van der Waals surface area contributed by atoms with Crippen molar-refractivity contribution in [3.8, 4) is 0 Å². The minimum atomic E-state index is -4.10. The molecule has 0 aliphatic heterocycles. The molecule has 0 aromatic heterocycles. The summed E-state index contributed by atoms with van der Waals surface area (Å²) in [6.45, 7) is 0.